The van der Waals surface area contributed by atoms with Crippen molar-refractivity contribution in [2.75, 3.05) is 33.7 Å². The van der Waals surface area contributed by atoms with Crippen LogP contribution in [0.5, 0.6) is 0 Å². The molecule has 0 aromatic carbocycles. The average Bonchev–Trinajstić information content (AvgIpc) is 2.36. The fourth-order valence-corrected chi connectivity index (χ4v) is 2.41. The van der Waals surface area contributed by atoms with Gasteiger partial charge in [-0.25, -0.2) is 0 Å². The van der Waals surface area contributed by atoms with E-state index in [0.29, 0.717) is 6.04 Å². The highest BCUT2D eigenvalue weighted by atomic mass is 16.2. The van der Waals surface area contributed by atoms with Gasteiger partial charge in [0.1, 0.15) is 0 Å². The maximum atomic E-state index is 11.8. The van der Waals surface area contributed by atoms with Gasteiger partial charge in [-0.2, -0.15) is 0 Å². The Morgan fingerprint density at radius 3 is 2.42 bits per heavy atom. The Hall–Kier alpha value is -0.870. The van der Waals surface area contributed by atoms with Gasteiger partial charge in [-0.1, -0.05) is 11.6 Å². The highest BCUT2D eigenvalue weighted by Gasteiger charge is 2.22. The number of likely N-dealkylation sites (tertiary alicyclic amines) is 1. The quantitative estimate of drug-likeness (QED) is 0.767. The predicted octanol–water partition coefficient (Wildman–Crippen LogP) is 1.48. The van der Waals surface area contributed by atoms with E-state index >= 15 is 0 Å². The number of hydrogen-bond acceptors (Lipinski definition) is 3. The summed E-state index contributed by atoms with van der Waals surface area (Å²) in [6.07, 6.45) is 4.54. The van der Waals surface area contributed by atoms with Crippen LogP contribution in [0.3, 0.4) is 0 Å². The molecule has 1 atom stereocenters. The molecule has 1 amide bonds. The predicted molar refractivity (Wildman–Crippen MR) is 80.2 cm³/mol. The van der Waals surface area contributed by atoms with Gasteiger partial charge in [0.2, 0.25) is 5.91 Å². The van der Waals surface area contributed by atoms with Gasteiger partial charge < -0.3 is 10.2 Å². The highest BCUT2D eigenvalue weighted by Crippen LogP contribution is 2.11. The van der Waals surface area contributed by atoms with Gasteiger partial charge in [0, 0.05) is 26.7 Å². The van der Waals surface area contributed by atoms with E-state index in [0.717, 1.165) is 32.5 Å². The molecular formula is C15H29N3O. The van der Waals surface area contributed by atoms with Crippen molar-refractivity contribution in [1.82, 2.24) is 15.1 Å². The highest BCUT2D eigenvalue weighted by molar-refractivity contribution is 5.80. The summed E-state index contributed by atoms with van der Waals surface area (Å²) in [5.41, 5.74) is 1.38. The third kappa shape index (κ3) is 5.74. The molecule has 110 valence electrons. The molecule has 1 N–H and O–H groups in total. The van der Waals surface area contributed by atoms with Gasteiger partial charge in [-0.3, -0.25) is 9.69 Å². The summed E-state index contributed by atoms with van der Waals surface area (Å²) in [5.74, 6) is 0.159. The Bertz CT molecular complexity index is 313. The van der Waals surface area contributed by atoms with Crippen LogP contribution in [0.4, 0.5) is 0 Å². The van der Waals surface area contributed by atoms with E-state index in [9.17, 15) is 4.79 Å². The average molecular weight is 267 g/mol. The van der Waals surface area contributed by atoms with E-state index in [-0.39, 0.29) is 11.9 Å². The van der Waals surface area contributed by atoms with Crippen molar-refractivity contribution in [2.45, 2.75) is 45.7 Å². The molecule has 1 fully saturated rings. The molecule has 0 aromatic heterocycles. The number of allylic oxidation sites excluding steroid dienone is 1. The van der Waals surface area contributed by atoms with Gasteiger partial charge in [-0.15, -0.1) is 0 Å². The lowest BCUT2D eigenvalue weighted by Gasteiger charge is -2.33. The van der Waals surface area contributed by atoms with Crippen LogP contribution in [-0.2, 0) is 4.79 Å². The number of piperidine rings is 1. The molecule has 4 nitrogen and oxygen atoms in total. The van der Waals surface area contributed by atoms with E-state index in [1.54, 1.807) is 4.90 Å². The number of nitrogens with zero attached hydrogens (tertiary/aromatic N) is 2. The Morgan fingerprint density at radius 2 is 1.95 bits per heavy atom. The molecule has 1 unspecified atom stereocenters. The number of likely N-dealkylation sites (N-methyl/N-ethyl adjacent to an activating group) is 1. The fraction of sp³-hybridized carbons (Fsp3) is 0.800. The van der Waals surface area contributed by atoms with Gasteiger partial charge in [-0.05, 0) is 46.7 Å². The standard InChI is InChI=1S/C15H29N3O/c1-12(2)6-9-18-10-7-14(8-11-18)16-13(3)15(19)17(4)5/h6,13-14,16H,7-11H2,1-5H3. The van der Waals surface area contributed by atoms with Crippen LogP contribution in [0, 0.1) is 0 Å². The van der Waals surface area contributed by atoms with Crippen molar-refractivity contribution in [2.24, 2.45) is 0 Å². The largest absolute Gasteiger partial charge is 0.347 e. The van der Waals surface area contributed by atoms with E-state index in [2.05, 4.69) is 30.1 Å². The first-order valence-corrected chi connectivity index (χ1v) is 7.23. The van der Waals surface area contributed by atoms with Crippen molar-refractivity contribution < 1.29 is 4.79 Å². The van der Waals surface area contributed by atoms with Crippen molar-refractivity contribution in [3.05, 3.63) is 11.6 Å². The summed E-state index contributed by atoms with van der Waals surface area (Å²) in [6, 6.07) is 0.395. The first-order valence-electron chi connectivity index (χ1n) is 7.23. The van der Waals surface area contributed by atoms with Gasteiger partial charge in [0.25, 0.3) is 0 Å². The van der Waals surface area contributed by atoms with Crippen LogP contribution in [-0.4, -0.2) is 61.5 Å². The third-order valence-electron chi connectivity index (χ3n) is 3.64. The van der Waals surface area contributed by atoms with E-state index in [1.807, 2.05) is 21.0 Å². The smallest absolute Gasteiger partial charge is 0.238 e. The Morgan fingerprint density at radius 1 is 1.37 bits per heavy atom. The Labute approximate surface area is 117 Å². The lowest BCUT2D eigenvalue weighted by Crippen LogP contribution is -2.50. The fourth-order valence-electron chi connectivity index (χ4n) is 2.41. The monoisotopic (exact) mass is 267 g/mol. The number of amides is 1. The normalized spacial score (nSPS) is 19.0. The van der Waals surface area contributed by atoms with Crippen LogP contribution in [0.15, 0.2) is 11.6 Å². The Balaban J connectivity index is 2.30. The van der Waals surface area contributed by atoms with Gasteiger partial charge in [0.05, 0.1) is 6.04 Å². The summed E-state index contributed by atoms with van der Waals surface area (Å²) in [4.78, 5) is 15.9. The maximum Gasteiger partial charge on any atom is 0.238 e. The number of carbonyl (C=O) groups excluding carboxylic acids is 1. The van der Waals surface area contributed by atoms with E-state index < -0.39 is 0 Å². The summed E-state index contributed by atoms with van der Waals surface area (Å²) < 4.78 is 0. The molecule has 4 heteroatoms. The second kappa shape index (κ2) is 7.65. The van der Waals surface area contributed by atoms with Gasteiger partial charge >= 0.3 is 0 Å². The zero-order chi connectivity index (χ0) is 14.4. The summed E-state index contributed by atoms with van der Waals surface area (Å²) in [6.45, 7) is 9.53. The van der Waals surface area contributed by atoms with Gasteiger partial charge in [0.15, 0.2) is 0 Å². The lowest BCUT2D eigenvalue weighted by molar-refractivity contribution is -0.130. The van der Waals surface area contributed by atoms with Crippen LogP contribution in [0.25, 0.3) is 0 Å². The van der Waals surface area contributed by atoms with E-state index in [4.69, 9.17) is 0 Å². The second-order valence-corrected chi connectivity index (χ2v) is 5.98. The molecule has 0 spiro atoms. The molecular weight excluding hydrogens is 238 g/mol. The summed E-state index contributed by atoms with van der Waals surface area (Å²) in [5, 5.41) is 3.45. The van der Waals surface area contributed by atoms with Crippen LogP contribution >= 0.6 is 0 Å². The van der Waals surface area contributed by atoms with Crippen LogP contribution < -0.4 is 5.32 Å². The molecule has 0 radical (unpaired) electrons. The van der Waals surface area contributed by atoms with Crippen molar-refractivity contribution in [3.8, 4) is 0 Å². The van der Waals surface area contributed by atoms with Crippen molar-refractivity contribution in [3.63, 3.8) is 0 Å². The molecule has 0 aromatic rings. The SMILES string of the molecule is CC(C)=CCN1CCC(NC(C)C(=O)N(C)C)CC1. The first kappa shape index (κ1) is 16.2. The molecule has 1 saturated heterocycles. The second-order valence-electron chi connectivity index (χ2n) is 5.98. The minimum atomic E-state index is -0.0793. The zero-order valence-corrected chi connectivity index (χ0v) is 13.1. The molecule has 19 heavy (non-hydrogen) atoms. The molecule has 0 bridgehead atoms. The lowest BCUT2D eigenvalue weighted by atomic mass is 10.0. The topological polar surface area (TPSA) is 35.6 Å². The van der Waals surface area contributed by atoms with Crippen molar-refractivity contribution in [1.29, 1.82) is 0 Å². The number of rotatable bonds is 5. The number of carbonyl (C=O) groups is 1. The van der Waals surface area contributed by atoms with Crippen molar-refractivity contribution >= 4 is 5.91 Å². The third-order valence-corrected chi connectivity index (χ3v) is 3.64. The van der Waals surface area contributed by atoms with Crippen LogP contribution in [0.2, 0.25) is 0 Å². The maximum absolute atomic E-state index is 11.8. The molecule has 1 rings (SSSR count). The van der Waals surface area contributed by atoms with E-state index in [1.165, 1.54) is 5.57 Å². The summed E-state index contributed by atoms with van der Waals surface area (Å²) in [7, 11) is 3.62. The molecule has 1 aliphatic heterocycles. The molecule has 0 saturated carbocycles. The number of hydrogen-bond donors (Lipinski definition) is 1. The minimum absolute atomic E-state index is 0.0793. The zero-order valence-electron chi connectivity index (χ0n) is 13.1. The molecule has 0 aliphatic carbocycles. The van der Waals surface area contributed by atoms with Crippen LogP contribution in [0.1, 0.15) is 33.6 Å². The summed E-state index contributed by atoms with van der Waals surface area (Å²) >= 11 is 0. The minimum Gasteiger partial charge on any atom is -0.347 e. The Kier molecular flexibility index (Phi) is 6.52. The molecule has 1 aliphatic rings. The number of nitrogens with one attached hydrogen (secondary N) is 1. The first-order chi connectivity index (χ1) is 8.90. The molecule has 1 heterocycles.